The van der Waals surface area contributed by atoms with Gasteiger partial charge in [0.2, 0.25) is 0 Å². The number of amides is 1. The van der Waals surface area contributed by atoms with Gasteiger partial charge in [0.15, 0.2) is 0 Å². The Morgan fingerprint density at radius 1 is 1.19 bits per heavy atom. The van der Waals surface area contributed by atoms with Gasteiger partial charge in [0.25, 0.3) is 5.91 Å². The van der Waals surface area contributed by atoms with Crippen LogP contribution in [-0.4, -0.2) is 18.5 Å². The van der Waals surface area contributed by atoms with Crippen LogP contribution < -0.4 is 5.32 Å². The molecule has 1 N–H and O–H groups in total. The zero-order valence-corrected chi connectivity index (χ0v) is 15.1. The van der Waals surface area contributed by atoms with Crippen molar-refractivity contribution in [2.75, 3.05) is 11.9 Å². The fourth-order valence-corrected chi connectivity index (χ4v) is 3.68. The van der Waals surface area contributed by atoms with Crippen molar-refractivity contribution >= 4 is 39.0 Å². The van der Waals surface area contributed by atoms with Crippen molar-refractivity contribution in [3.63, 3.8) is 0 Å². The molecule has 1 amide bonds. The first-order valence-electron chi connectivity index (χ1n) is 8.06. The zero-order chi connectivity index (χ0) is 18.7. The summed E-state index contributed by atoms with van der Waals surface area (Å²) in [6.45, 7) is 3.64. The van der Waals surface area contributed by atoms with Crippen molar-refractivity contribution in [3.8, 4) is 6.07 Å². The summed E-state index contributed by atoms with van der Waals surface area (Å²) in [7, 11) is 0. The van der Waals surface area contributed by atoms with Crippen LogP contribution in [0.3, 0.4) is 0 Å². The Balaban J connectivity index is 1.92. The molecule has 2 aromatic carbocycles. The molecule has 0 spiro atoms. The number of fused-ring (bicyclic) bond motifs is 1. The number of thiophene rings is 1. The molecule has 0 radical (unpaired) electrons. The van der Waals surface area contributed by atoms with E-state index in [1.54, 1.807) is 26.0 Å². The molecule has 0 saturated carbocycles. The van der Waals surface area contributed by atoms with E-state index < -0.39 is 5.97 Å². The van der Waals surface area contributed by atoms with Crippen molar-refractivity contribution in [1.29, 1.82) is 5.26 Å². The number of benzene rings is 2. The molecule has 26 heavy (non-hydrogen) atoms. The van der Waals surface area contributed by atoms with Crippen LogP contribution in [0.5, 0.6) is 0 Å². The van der Waals surface area contributed by atoms with E-state index >= 15 is 0 Å². The van der Waals surface area contributed by atoms with Gasteiger partial charge in [0.05, 0.1) is 12.2 Å². The number of anilines is 1. The number of esters is 1. The third kappa shape index (κ3) is 3.30. The van der Waals surface area contributed by atoms with Crippen LogP contribution in [-0.2, 0) is 4.74 Å². The molecule has 3 rings (SSSR count). The van der Waals surface area contributed by atoms with E-state index in [0.29, 0.717) is 21.0 Å². The molecule has 0 aliphatic heterocycles. The highest BCUT2D eigenvalue weighted by Gasteiger charge is 2.22. The molecule has 6 heteroatoms. The molecule has 0 bridgehead atoms. The van der Waals surface area contributed by atoms with Crippen molar-refractivity contribution in [3.05, 3.63) is 64.0 Å². The Labute approximate surface area is 154 Å². The van der Waals surface area contributed by atoms with Gasteiger partial charge < -0.3 is 10.1 Å². The number of rotatable bonds is 4. The Kier molecular flexibility index (Phi) is 5.01. The Morgan fingerprint density at radius 2 is 1.92 bits per heavy atom. The highest BCUT2D eigenvalue weighted by Crippen LogP contribution is 2.33. The maximum atomic E-state index is 12.6. The normalized spacial score (nSPS) is 10.3. The summed E-state index contributed by atoms with van der Waals surface area (Å²) in [5, 5.41) is 14.5. The molecule has 0 aliphatic rings. The molecule has 0 aliphatic carbocycles. The standard InChI is InChI=1S/C20H16N2O3S/c1-3-25-20(24)17-12(2)16(11-21)19(26-17)22-18(23)15-9-8-13-6-4-5-7-14(13)10-15/h4-10H,3H2,1-2H3,(H,22,23). The molecule has 5 nitrogen and oxygen atoms in total. The molecule has 0 saturated heterocycles. The van der Waals surface area contributed by atoms with Gasteiger partial charge in [-0.1, -0.05) is 30.3 Å². The van der Waals surface area contributed by atoms with Gasteiger partial charge in [-0.15, -0.1) is 11.3 Å². The van der Waals surface area contributed by atoms with Gasteiger partial charge in [0, 0.05) is 5.56 Å². The average Bonchev–Trinajstić information content (AvgIpc) is 2.96. The largest absolute Gasteiger partial charge is 0.462 e. The molecule has 1 heterocycles. The van der Waals surface area contributed by atoms with E-state index in [9.17, 15) is 14.9 Å². The summed E-state index contributed by atoms with van der Waals surface area (Å²) in [5.41, 5.74) is 1.29. The maximum Gasteiger partial charge on any atom is 0.348 e. The van der Waals surface area contributed by atoms with Crippen LogP contribution in [0.15, 0.2) is 42.5 Å². The van der Waals surface area contributed by atoms with Crippen molar-refractivity contribution < 1.29 is 14.3 Å². The smallest absolute Gasteiger partial charge is 0.348 e. The van der Waals surface area contributed by atoms with E-state index in [1.165, 1.54) is 0 Å². The SMILES string of the molecule is CCOC(=O)c1sc(NC(=O)c2ccc3ccccc3c2)c(C#N)c1C. The molecule has 0 unspecified atom stereocenters. The second-order valence-corrected chi connectivity index (χ2v) is 6.63. The summed E-state index contributed by atoms with van der Waals surface area (Å²) in [5.74, 6) is -0.818. The quantitative estimate of drug-likeness (QED) is 0.691. The molecule has 3 aromatic rings. The third-order valence-corrected chi connectivity index (χ3v) is 5.15. The van der Waals surface area contributed by atoms with Gasteiger partial charge in [-0.05, 0) is 42.3 Å². The van der Waals surface area contributed by atoms with Gasteiger partial charge in [-0.2, -0.15) is 5.26 Å². The van der Waals surface area contributed by atoms with Gasteiger partial charge >= 0.3 is 5.97 Å². The molecule has 130 valence electrons. The first-order chi connectivity index (χ1) is 12.5. The average molecular weight is 364 g/mol. The number of nitrogens with zero attached hydrogens (tertiary/aromatic N) is 1. The first-order valence-corrected chi connectivity index (χ1v) is 8.87. The molecular formula is C20H16N2O3S. The highest BCUT2D eigenvalue weighted by atomic mass is 32.1. The van der Waals surface area contributed by atoms with Crippen LogP contribution in [0.2, 0.25) is 0 Å². The van der Waals surface area contributed by atoms with E-state index in [0.717, 1.165) is 22.1 Å². The lowest BCUT2D eigenvalue weighted by atomic mass is 10.1. The van der Waals surface area contributed by atoms with E-state index in [4.69, 9.17) is 4.74 Å². The van der Waals surface area contributed by atoms with E-state index in [-0.39, 0.29) is 18.1 Å². The summed E-state index contributed by atoms with van der Waals surface area (Å²) in [6.07, 6.45) is 0. The number of nitriles is 1. The minimum atomic E-state index is -0.488. The zero-order valence-electron chi connectivity index (χ0n) is 14.3. The number of hydrogen-bond donors (Lipinski definition) is 1. The number of carbonyl (C=O) groups excluding carboxylic acids is 2. The fourth-order valence-electron chi connectivity index (χ4n) is 2.63. The first kappa shape index (κ1) is 17.6. The van der Waals surface area contributed by atoms with E-state index in [1.807, 2.05) is 30.3 Å². The lowest BCUT2D eigenvalue weighted by molar-refractivity contribution is 0.0531. The van der Waals surface area contributed by atoms with Crippen LogP contribution in [0.25, 0.3) is 10.8 Å². The molecule has 1 aromatic heterocycles. The van der Waals surface area contributed by atoms with Crippen LogP contribution >= 0.6 is 11.3 Å². The summed E-state index contributed by atoms with van der Waals surface area (Å²) >= 11 is 1.06. The lowest BCUT2D eigenvalue weighted by Gasteiger charge is -2.05. The number of carbonyl (C=O) groups is 2. The number of hydrogen-bond acceptors (Lipinski definition) is 5. The number of ether oxygens (including phenoxy) is 1. The van der Waals surface area contributed by atoms with Crippen LogP contribution in [0.4, 0.5) is 5.00 Å². The third-order valence-electron chi connectivity index (χ3n) is 3.96. The Morgan fingerprint density at radius 3 is 2.62 bits per heavy atom. The summed E-state index contributed by atoms with van der Waals surface area (Å²) in [4.78, 5) is 25.0. The molecule has 0 fully saturated rings. The second kappa shape index (κ2) is 7.38. The minimum absolute atomic E-state index is 0.247. The monoisotopic (exact) mass is 364 g/mol. The lowest BCUT2D eigenvalue weighted by Crippen LogP contribution is -2.11. The van der Waals surface area contributed by atoms with Crippen molar-refractivity contribution in [1.82, 2.24) is 0 Å². The maximum absolute atomic E-state index is 12.6. The summed E-state index contributed by atoms with van der Waals surface area (Å²) in [6, 6.07) is 15.2. The van der Waals surface area contributed by atoms with Gasteiger partial charge in [0.1, 0.15) is 15.9 Å². The predicted molar refractivity (Wildman–Crippen MR) is 102 cm³/mol. The highest BCUT2D eigenvalue weighted by molar-refractivity contribution is 7.18. The van der Waals surface area contributed by atoms with Crippen LogP contribution in [0, 0.1) is 18.3 Å². The van der Waals surface area contributed by atoms with Crippen molar-refractivity contribution in [2.24, 2.45) is 0 Å². The van der Waals surface area contributed by atoms with Crippen molar-refractivity contribution in [2.45, 2.75) is 13.8 Å². The summed E-state index contributed by atoms with van der Waals surface area (Å²) < 4.78 is 5.01. The fraction of sp³-hybridized carbons (Fsp3) is 0.150. The minimum Gasteiger partial charge on any atom is -0.462 e. The molecular weight excluding hydrogens is 348 g/mol. The Bertz CT molecular complexity index is 1050. The van der Waals surface area contributed by atoms with Gasteiger partial charge in [-0.25, -0.2) is 4.79 Å². The van der Waals surface area contributed by atoms with E-state index in [2.05, 4.69) is 11.4 Å². The Hall–Kier alpha value is -3.17. The molecule has 0 atom stereocenters. The second-order valence-electron chi connectivity index (χ2n) is 5.61. The number of nitrogens with one attached hydrogen (secondary N) is 1. The van der Waals surface area contributed by atoms with Crippen LogP contribution in [0.1, 0.15) is 38.1 Å². The van der Waals surface area contributed by atoms with Gasteiger partial charge in [-0.3, -0.25) is 4.79 Å². The predicted octanol–water partition coefficient (Wildman–Crippen LogP) is 4.51. The topological polar surface area (TPSA) is 79.2 Å².